The van der Waals surface area contributed by atoms with Gasteiger partial charge in [-0.3, -0.25) is 0 Å². The van der Waals surface area contributed by atoms with Crippen molar-refractivity contribution < 1.29 is 14.6 Å². The van der Waals surface area contributed by atoms with Crippen molar-refractivity contribution in [2.24, 2.45) is 5.41 Å². The van der Waals surface area contributed by atoms with Gasteiger partial charge in [0.2, 0.25) is 0 Å². The van der Waals surface area contributed by atoms with Crippen molar-refractivity contribution in [2.75, 3.05) is 0 Å². The summed E-state index contributed by atoms with van der Waals surface area (Å²) in [5.74, 6) is 0.145. The molecule has 0 aliphatic rings. The van der Waals surface area contributed by atoms with E-state index in [0.29, 0.717) is 5.75 Å². The summed E-state index contributed by atoms with van der Waals surface area (Å²) in [6.45, 7) is 5.99. The summed E-state index contributed by atoms with van der Waals surface area (Å²) in [5, 5.41) is 9.05. The molecule has 0 unspecified atom stereocenters. The number of hydrogen-bond donors (Lipinski definition) is 1. The quantitative estimate of drug-likeness (QED) is 0.473. The number of carbonyl (C=O) groups excluding carboxylic acids is 1. The highest BCUT2D eigenvalue weighted by atomic mass is 16.5. The lowest BCUT2D eigenvalue weighted by molar-refractivity contribution is -0.129. The average molecular weight is 220 g/mol. The highest BCUT2D eigenvalue weighted by molar-refractivity contribution is 5.84. The van der Waals surface area contributed by atoms with Gasteiger partial charge in [-0.05, 0) is 29.7 Å². The first-order chi connectivity index (χ1) is 7.37. The van der Waals surface area contributed by atoms with Crippen LogP contribution in [0.5, 0.6) is 11.5 Å². The molecule has 1 aromatic rings. The Kier molecular flexibility index (Phi) is 3.72. The van der Waals surface area contributed by atoms with Crippen LogP contribution in [0.15, 0.2) is 36.4 Å². The van der Waals surface area contributed by atoms with E-state index < -0.39 is 5.97 Å². The molecule has 0 radical (unpaired) electrons. The lowest BCUT2D eigenvalue weighted by atomic mass is 9.96. The Labute approximate surface area is 95.4 Å². The number of phenolic OH excluding ortho intramolecular Hbond substituents is 1. The van der Waals surface area contributed by atoms with Crippen molar-refractivity contribution in [3.05, 3.63) is 36.4 Å². The van der Waals surface area contributed by atoms with Gasteiger partial charge in [0.25, 0.3) is 0 Å². The maximum Gasteiger partial charge on any atom is 0.335 e. The normalized spacial score (nSPS) is 11.7. The van der Waals surface area contributed by atoms with E-state index in [1.807, 2.05) is 20.8 Å². The molecule has 0 heterocycles. The van der Waals surface area contributed by atoms with Gasteiger partial charge in [0, 0.05) is 6.08 Å². The predicted octanol–water partition coefficient (Wildman–Crippen LogP) is 2.90. The zero-order chi connectivity index (χ0) is 12.2. The molecular formula is C13H16O3. The number of ether oxygens (including phenoxy) is 1. The van der Waals surface area contributed by atoms with Crippen molar-refractivity contribution in [1.29, 1.82) is 0 Å². The van der Waals surface area contributed by atoms with Crippen LogP contribution in [-0.2, 0) is 4.79 Å². The average Bonchev–Trinajstić information content (AvgIpc) is 2.18. The van der Waals surface area contributed by atoms with E-state index in [0.717, 1.165) is 0 Å². The van der Waals surface area contributed by atoms with Gasteiger partial charge in [-0.15, -0.1) is 0 Å². The van der Waals surface area contributed by atoms with Crippen molar-refractivity contribution >= 4 is 5.97 Å². The summed E-state index contributed by atoms with van der Waals surface area (Å²) in [5.41, 5.74) is -0.0476. The Morgan fingerprint density at radius 3 is 2.31 bits per heavy atom. The molecule has 0 saturated heterocycles. The number of benzene rings is 1. The molecule has 0 amide bonds. The summed E-state index contributed by atoms with van der Waals surface area (Å²) < 4.78 is 5.03. The second kappa shape index (κ2) is 4.84. The fourth-order valence-electron chi connectivity index (χ4n) is 0.982. The van der Waals surface area contributed by atoms with E-state index in [-0.39, 0.29) is 11.2 Å². The third kappa shape index (κ3) is 4.64. The zero-order valence-electron chi connectivity index (χ0n) is 9.73. The summed E-state index contributed by atoms with van der Waals surface area (Å²) in [4.78, 5) is 11.4. The first kappa shape index (κ1) is 12.3. The predicted molar refractivity (Wildman–Crippen MR) is 62.3 cm³/mol. The number of esters is 1. The molecule has 1 aromatic carbocycles. The van der Waals surface area contributed by atoms with Crippen LogP contribution < -0.4 is 4.74 Å². The van der Waals surface area contributed by atoms with Crippen molar-refractivity contribution in [3.8, 4) is 11.5 Å². The first-order valence-corrected chi connectivity index (χ1v) is 5.07. The molecule has 1 rings (SSSR count). The van der Waals surface area contributed by atoms with Crippen LogP contribution in [0.4, 0.5) is 0 Å². The molecule has 0 bridgehead atoms. The Morgan fingerprint density at radius 1 is 1.25 bits per heavy atom. The van der Waals surface area contributed by atoms with E-state index in [1.54, 1.807) is 6.08 Å². The zero-order valence-corrected chi connectivity index (χ0v) is 9.73. The number of allylic oxidation sites excluding steroid dienone is 1. The van der Waals surface area contributed by atoms with E-state index in [2.05, 4.69) is 0 Å². The van der Waals surface area contributed by atoms with Crippen molar-refractivity contribution in [2.45, 2.75) is 20.8 Å². The number of hydrogen-bond acceptors (Lipinski definition) is 3. The molecule has 0 aliphatic carbocycles. The molecule has 0 spiro atoms. The second-order valence-corrected chi connectivity index (χ2v) is 4.61. The largest absolute Gasteiger partial charge is 0.508 e. The highest BCUT2D eigenvalue weighted by Crippen LogP contribution is 2.17. The SMILES string of the molecule is CC(C)(C)/C=C/C(=O)Oc1ccc(O)cc1. The van der Waals surface area contributed by atoms with Gasteiger partial charge in [-0.2, -0.15) is 0 Å². The fourth-order valence-corrected chi connectivity index (χ4v) is 0.982. The van der Waals surface area contributed by atoms with E-state index in [1.165, 1.54) is 30.3 Å². The van der Waals surface area contributed by atoms with E-state index >= 15 is 0 Å². The van der Waals surface area contributed by atoms with Crippen LogP contribution >= 0.6 is 0 Å². The molecule has 0 saturated carbocycles. The topological polar surface area (TPSA) is 46.5 Å². The molecule has 0 fully saturated rings. The smallest absolute Gasteiger partial charge is 0.335 e. The number of phenols is 1. The number of aromatic hydroxyl groups is 1. The van der Waals surface area contributed by atoms with Gasteiger partial charge in [0.05, 0.1) is 0 Å². The minimum Gasteiger partial charge on any atom is -0.508 e. The monoisotopic (exact) mass is 220 g/mol. The van der Waals surface area contributed by atoms with E-state index in [4.69, 9.17) is 9.84 Å². The maximum absolute atomic E-state index is 11.4. The minimum absolute atomic E-state index is 0.0476. The van der Waals surface area contributed by atoms with Crippen LogP contribution in [-0.4, -0.2) is 11.1 Å². The molecule has 3 nitrogen and oxygen atoms in total. The molecule has 0 aromatic heterocycles. The summed E-state index contributed by atoms with van der Waals surface area (Å²) in [6, 6.07) is 6.02. The van der Waals surface area contributed by atoms with Crippen molar-refractivity contribution in [3.63, 3.8) is 0 Å². The van der Waals surface area contributed by atoms with Gasteiger partial charge < -0.3 is 9.84 Å². The molecule has 16 heavy (non-hydrogen) atoms. The maximum atomic E-state index is 11.4. The molecule has 0 aliphatic heterocycles. The Bertz CT molecular complexity index is 383. The van der Waals surface area contributed by atoms with Crippen molar-refractivity contribution in [1.82, 2.24) is 0 Å². The van der Waals surface area contributed by atoms with Crippen LogP contribution in [0, 0.1) is 5.41 Å². The van der Waals surface area contributed by atoms with Gasteiger partial charge in [-0.25, -0.2) is 4.79 Å². The number of rotatable bonds is 2. The van der Waals surface area contributed by atoms with Crippen LogP contribution in [0.2, 0.25) is 0 Å². The molecule has 86 valence electrons. The second-order valence-electron chi connectivity index (χ2n) is 4.61. The van der Waals surface area contributed by atoms with E-state index in [9.17, 15) is 4.79 Å². The summed E-state index contributed by atoms with van der Waals surface area (Å²) in [6.07, 6.45) is 3.20. The lowest BCUT2D eigenvalue weighted by Crippen LogP contribution is -2.06. The number of carbonyl (C=O) groups is 1. The lowest BCUT2D eigenvalue weighted by Gasteiger charge is -2.10. The third-order valence-electron chi connectivity index (χ3n) is 1.77. The summed E-state index contributed by atoms with van der Waals surface area (Å²) >= 11 is 0. The Morgan fingerprint density at radius 2 is 1.81 bits per heavy atom. The van der Waals surface area contributed by atoms with Gasteiger partial charge in [-0.1, -0.05) is 26.8 Å². The third-order valence-corrected chi connectivity index (χ3v) is 1.77. The standard InChI is InChI=1S/C13H16O3/c1-13(2,3)9-8-12(15)16-11-6-4-10(14)5-7-11/h4-9,14H,1-3H3/b9-8+. The first-order valence-electron chi connectivity index (χ1n) is 5.07. The van der Waals surface area contributed by atoms with Gasteiger partial charge in [0.15, 0.2) is 0 Å². The van der Waals surface area contributed by atoms with Crippen LogP contribution in [0.3, 0.4) is 0 Å². The molecule has 0 atom stereocenters. The highest BCUT2D eigenvalue weighted by Gasteiger charge is 2.06. The fraction of sp³-hybridized carbons (Fsp3) is 0.308. The summed E-state index contributed by atoms with van der Waals surface area (Å²) in [7, 11) is 0. The molecule has 3 heteroatoms. The van der Waals surface area contributed by atoms with Crippen LogP contribution in [0.1, 0.15) is 20.8 Å². The molecular weight excluding hydrogens is 204 g/mol. The Balaban J connectivity index is 2.59. The van der Waals surface area contributed by atoms with Gasteiger partial charge in [0.1, 0.15) is 11.5 Å². The Hall–Kier alpha value is -1.77. The van der Waals surface area contributed by atoms with Gasteiger partial charge >= 0.3 is 5.97 Å². The molecule has 1 N–H and O–H groups in total. The minimum atomic E-state index is -0.416. The van der Waals surface area contributed by atoms with Crippen LogP contribution in [0.25, 0.3) is 0 Å².